The summed E-state index contributed by atoms with van der Waals surface area (Å²) in [5.74, 6) is 0. The molecule has 0 aliphatic carbocycles. The zero-order chi connectivity index (χ0) is 13.0. The minimum absolute atomic E-state index is 0.0567. The molecule has 0 aromatic carbocycles. The predicted molar refractivity (Wildman–Crippen MR) is 80.3 cm³/mol. The number of thiophene rings is 1. The molecule has 0 saturated heterocycles. The summed E-state index contributed by atoms with van der Waals surface area (Å²) in [6, 6.07) is 5.54. The van der Waals surface area contributed by atoms with Crippen molar-refractivity contribution < 1.29 is 0 Å². The molecule has 0 spiro atoms. The SMILES string of the molecule is CCCn1cc(NCc2cc(Br)cs2)ccc1=O. The lowest BCUT2D eigenvalue weighted by atomic mass is 10.3. The maximum Gasteiger partial charge on any atom is 0.250 e. The van der Waals surface area contributed by atoms with Crippen LogP contribution in [0.3, 0.4) is 0 Å². The van der Waals surface area contributed by atoms with Gasteiger partial charge in [0.1, 0.15) is 0 Å². The highest BCUT2D eigenvalue weighted by Gasteiger charge is 2.00. The Morgan fingerprint density at radius 3 is 2.94 bits per heavy atom. The second-order valence-corrected chi connectivity index (χ2v) is 5.95. The molecule has 0 fully saturated rings. The maximum absolute atomic E-state index is 11.6. The van der Waals surface area contributed by atoms with Crippen molar-refractivity contribution in [3.63, 3.8) is 0 Å². The predicted octanol–water partition coefficient (Wildman–Crippen LogP) is 3.69. The maximum atomic E-state index is 11.6. The zero-order valence-electron chi connectivity index (χ0n) is 10.1. The number of anilines is 1. The van der Waals surface area contributed by atoms with Crippen molar-refractivity contribution in [3.05, 3.63) is 49.5 Å². The first-order valence-corrected chi connectivity index (χ1v) is 7.53. The number of halogens is 1. The molecule has 0 unspecified atom stereocenters. The number of nitrogens with one attached hydrogen (secondary N) is 1. The molecule has 2 aromatic rings. The Hall–Kier alpha value is -1.07. The van der Waals surface area contributed by atoms with Crippen molar-refractivity contribution in [2.75, 3.05) is 5.32 Å². The van der Waals surface area contributed by atoms with Gasteiger partial charge >= 0.3 is 0 Å². The van der Waals surface area contributed by atoms with Crippen LogP contribution >= 0.6 is 27.3 Å². The summed E-state index contributed by atoms with van der Waals surface area (Å²) in [6.07, 6.45) is 2.84. The third-order valence-corrected chi connectivity index (χ3v) is 4.23. The van der Waals surface area contributed by atoms with E-state index in [-0.39, 0.29) is 5.56 Å². The second-order valence-electron chi connectivity index (χ2n) is 4.03. The summed E-state index contributed by atoms with van der Waals surface area (Å²) < 4.78 is 2.85. The third kappa shape index (κ3) is 3.46. The van der Waals surface area contributed by atoms with Crippen molar-refractivity contribution in [2.24, 2.45) is 0 Å². The van der Waals surface area contributed by atoms with Gasteiger partial charge in [-0.25, -0.2) is 0 Å². The van der Waals surface area contributed by atoms with Gasteiger partial charge in [0.25, 0.3) is 5.56 Å². The standard InChI is InChI=1S/C13H15BrN2OS/c1-2-5-16-8-11(3-4-13(16)17)15-7-12-6-10(14)9-18-12/h3-4,6,8-9,15H,2,5,7H2,1H3. The highest BCUT2D eigenvalue weighted by atomic mass is 79.9. The number of hydrogen-bond donors (Lipinski definition) is 1. The second kappa shape index (κ2) is 6.20. The lowest BCUT2D eigenvalue weighted by Crippen LogP contribution is -2.18. The Bertz CT molecular complexity index is 576. The minimum atomic E-state index is 0.0567. The topological polar surface area (TPSA) is 34.0 Å². The molecule has 2 heterocycles. The van der Waals surface area contributed by atoms with Gasteiger partial charge < -0.3 is 9.88 Å². The summed E-state index contributed by atoms with van der Waals surface area (Å²) in [6.45, 7) is 3.61. The van der Waals surface area contributed by atoms with Gasteiger partial charge in [0.2, 0.25) is 0 Å². The smallest absolute Gasteiger partial charge is 0.250 e. The van der Waals surface area contributed by atoms with Gasteiger partial charge in [0, 0.05) is 40.1 Å². The summed E-state index contributed by atoms with van der Waals surface area (Å²) in [5.41, 5.74) is 1.04. The van der Waals surface area contributed by atoms with Gasteiger partial charge in [-0.3, -0.25) is 4.79 Å². The Balaban J connectivity index is 2.05. The first-order valence-electron chi connectivity index (χ1n) is 5.86. The van der Waals surface area contributed by atoms with E-state index in [4.69, 9.17) is 0 Å². The van der Waals surface area contributed by atoms with Crippen molar-refractivity contribution in [1.82, 2.24) is 4.57 Å². The van der Waals surface area contributed by atoms with E-state index in [1.807, 2.05) is 12.3 Å². The lowest BCUT2D eigenvalue weighted by molar-refractivity contribution is 0.655. The van der Waals surface area contributed by atoms with E-state index in [0.29, 0.717) is 0 Å². The quantitative estimate of drug-likeness (QED) is 0.909. The van der Waals surface area contributed by atoms with Crippen molar-refractivity contribution in [3.8, 4) is 0 Å². The van der Waals surface area contributed by atoms with Crippen LogP contribution in [0.4, 0.5) is 5.69 Å². The van der Waals surface area contributed by atoms with Gasteiger partial charge in [0.05, 0.1) is 5.69 Å². The summed E-state index contributed by atoms with van der Waals surface area (Å²) in [4.78, 5) is 12.8. The van der Waals surface area contributed by atoms with Gasteiger partial charge in [-0.2, -0.15) is 0 Å². The van der Waals surface area contributed by atoms with Gasteiger partial charge in [-0.15, -0.1) is 11.3 Å². The van der Waals surface area contributed by atoms with Crippen molar-refractivity contribution in [1.29, 1.82) is 0 Å². The Morgan fingerprint density at radius 2 is 2.28 bits per heavy atom. The molecule has 96 valence electrons. The molecule has 0 saturated carbocycles. The molecule has 0 amide bonds. The van der Waals surface area contributed by atoms with Gasteiger partial charge in [0.15, 0.2) is 0 Å². The number of pyridine rings is 1. The van der Waals surface area contributed by atoms with Crippen LogP contribution in [0.25, 0.3) is 0 Å². The fraction of sp³-hybridized carbons (Fsp3) is 0.308. The molecule has 0 aliphatic rings. The number of rotatable bonds is 5. The fourth-order valence-corrected chi connectivity index (χ4v) is 3.08. The monoisotopic (exact) mass is 326 g/mol. The normalized spacial score (nSPS) is 10.6. The van der Waals surface area contributed by atoms with E-state index in [9.17, 15) is 4.79 Å². The van der Waals surface area contributed by atoms with Crippen molar-refractivity contribution in [2.45, 2.75) is 26.4 Å². The minimum Gasteiger partial charge on any atom is -0.379 e. The van der Waals surface area contributed by atoms with E-state index in [0.717, 1.165) is 29.7 Å². The fourth-order valence-electron chi connectivity index (χ4n) is 1.69. The summed E-state index contributed by atoms with van der Waals surface area (Å²) in [5, 5.41) is 5.39. The van der Waals surface area contributed by atoms with E-state index in [2.05, 4.69) is 39.6 Å². The van der Waals surface area contributed by atoms with E-state index < -0.39 is 0 Å². The summed E-state index contributed by atoms with van der Waals surface area (Å²) in [7, 11) is 0. The zero-order valence-corrected chi connectivity index (χ0v) is 12.6. The Labute approximate surface area is 119 Å². The van der Waals surface area contributed by atoms with Crippen LogP contribution in [0.15, 0.2) is 39.0 Å². The average molecular weight is 327 g/mol. The van der Waals surface area contributed by atoms with Crippen LogP contribution in [-0.2, 0) is 13.1 Å². The molecular weight excluding hydrogens is 312 g/mol. The Kier molecular flexibility index (Phi) is 4.60. The van der Waals surface area contributed by atoms with Crippen LogP contribution in [0.2, 0.25) is 0 Å². The molecule has 0 atom stereocenters. The highest BCUT2D eigenvalue weighted by Crippen LogP contribution is 2.20. The number of nitrogens with zero attached hydrogens (tertiary/aromatic N) is 1. The van der Waals surface area contributed by atoms with Crippen LogP contribution in [0.1, 0.15) is 18.2 Å². The molecular formula is C13H15BrN2OS. The highest BCUT2D eigenvalue weighted by molar-refractivity contribution is 9.10. The van der Waals surface area contributed by atoms with Crippen LogP contribution in [-0.4, -0.2) is 4.57 Å². The molecule has 2 rings (SSSR count). The van der Waals surface area contributed by atoms with E-state index in [1.54, 1.807) is 22.0 Å². The number of aryl methyl sites for hydroxylation is 1. The largest absolute Gasteiger partial charge is 0.379 e. The molecule has 18 heavy (non-hydrogen) atoms. The number of aromatic nitrogens is 1. The first-order chi connectivity index (χ1) is 8.69. The molecule has 3 nitrogen and oxygen atoms in total. The molecule has 2 aromatic heterocycles. The van der Waals surface area contributed by atoms with Crippen molar-refractivity contribution >= 4 is 33.0 Å². The average Bonchev–Trinajstić information content (AvgIpc) is 2.76. The molecule has 0 bridgehead atoms. The van der Waals surface area contributed by atoms with E-state index >= 15 is 0 Å². The number of hydrogen-bond acceptors (Lipinski definition) is 3. The summed E-state index contributed by atoms with van der Waals surface area (Å²) >= 11 is 5.15. The van der Waals surface area contributed by atoms with Crippen LogP contribution in [0.5, 0.6) is 0 Å². The Morgan fingerprint density at radius 1 is 1.44 bits per heavy atom. The van der Waals surface area contributed by atoms with Crippen LogP contribution in [0, 0.1) is 0 Å². The van der Waals surface area contributed by atoms with Crippen LogP contribution < -0.4 is 10.9 Å². The first kappa shape index (κ1) is 13.4. The van der Waals surface area contributed by atoms with Gasteiger partial charge in [-0.1, -0.05) is 6.92 Å². The lowest BCUT2D eigenvalue weighted by Gasteiger charge is -2.08. The third-order valence-electron chi connectivity index (χ3n) is 2.54. The molecule has 0 radical (unpaired) electrons. The molecule has 0 aliphatic heterocycles. The molecule has 5 heteroatoms. The van der Waals surface area contributed by atoms with E-state index in [1.165, 1.54) is 4.88 Å². The van der Waals surface area contributed by atoms with Gasteiger partial charge in [-0.05, 0) is 34.5 Å². The molecule has 1 N–H and O–H groups in total.